The molecule has 0 aliphatic heterocycles. The molecular formula is C17H19NO3. The van der Waals surface area contributed by atoms with Crippen molar-refractivity contribution in [3.05, 3.63) is 60.2 Å². The molecule has 0 saturated carbocycles. The zero-order valence-corrected chi connectivity index (χ0v) is 11.6. The molecule has 0 bridgehead atoms. The third-order valence-electron chi connectivity index (χ3n) is 3.37. The fourth-order valence-corrected chi connectivity index (χ4v) is 2.24. The fraction of sp³-hybridized carbons (Fsp3) is 0.235. The van der Waals surface area contributed by atoms with E-state index in [1.807, 2.05) is 54.6 Å². The minimum absolute atomic E-state index is 0.0514. The summed E-state index contributed by atoms with van der Waals surface area (Å²) in [5, 5.41) is 17.9. The summed E-state index contributed by atoms with van der Waals surface area (Å²) in [7, 11) is 0. The predicted molar refractivity (Wildman–Crippen MR) is 81.8 cm³/mol. The molecule has 0 aliphatic rings. The van der Waals surface area contributed by atoms with E-state index < -0.39 is 12.1 Å². The maximum absolute atomic E-state index is 10.6. The van der Waals surface area contributed by atoms with Crippen molar-refractivity contribution in [3.8, 4) is 11.1 Å². The molecule has 0 spiro atoms. The van der Waals surface area contributed by atoms with E-state index in [0.29, 0.717) is 6.42 Å². The van der Waals surface area contributed by atoms with Gasteiger partial charge in [0.15, 0.2) is 6.10 Å². The lowest BCUT2D eigenvalue weighted by atomic mass is 9.98. The zero-order chi connectivity index (χ0) is 15.2. The highest BCUT2D eigenvalue weighted by molar-refractivity contribution is 5.71. The van der Waals surface area contributed by atoms with E-state index in [2.05, 4.69) is 0 Å². The maximum atomic E-state index is 10.6. The Morgan fingerprint density at radius 1 is 1.00 bits per heavy atom. The topological polar surface area (TPSA) is 83.5 Å². The van der Waals surface area contributed by atoms with Crippen molar-refractivity contribution in [1.82, 2.24) is 0 Å². The van der Waals surface area contributed by atoms with Crippen LogP contribution in [0.5, 0.6) is 0 Å². The van der Waals surface area contributed by atoms with Crippen molar-refractivity contribution in [1.29, 1.82) is 0 Å². The molecule has 21 heavy (non-hydrogen) atoms. The highest BCUT2D eigenvalue weighted by atomic mass is 16.4. The van der Waals surface area contributed by atoms with Crippen molar-refractivity contribution >= 4 is 5.97 Å². The quantitative estimate of drug-likeness (QED) is 0.758. The summed E-state index contributed by atoms with van der Waals surface area (Å²) in [4.78, 5) is 10.6. The van der Waals surface area contributed by atoms with Gasteiger partial charge in [-0.3, -0.25) is 0 Å². The zero-order valence-electron chi connectivity index (χ0n) is 11.6. The number of aliphatic hydroxyl groups is 1. The number of hydrogen-bond donors (Lipinski definition) is 3. The second kappa shape index (κ2) is 7.02. The van der Waals surface area contributed by atoms with Gasteiger partial charge in [-0.25, -0.2) is 4.79 Å². The van der Waals surface area contributed by atoms with Crippen LogP contribution in [0.3, 0.4) is 0 Å². The van der Waals surface area contributed by atoms with E-state index in [1.165, 1.54) is 0 Å². The molecule has 0 amide bonds. The molecule has 0 radical (unpaired) electrons. The summed E-state index contributed by atoms with van der Waals surface area (Å²) in [5.74, 6) is -1.23. The molecular weight excluding hydrogens is 266 g/mol. The van der Waals surface area contributed by atoms with Crippen molar-refractivity contribution in [2.24, 2.45) is 5.73 Å². The summed E-state index contributed by atoms with van der Waals surface area (Å²) in [5.41, 5.74) is 9.17. The van der Waals surface area contributed by atoms with Gasteiger partial charge in [-0.2, -0.15) is 0 Å². The van der Waals surface area contributed by atoms with Crippen LogP contribution in [0.1, 0.15) is 12.0 Å². The van der Waals surface area contributed by atoms with Crippen molar-refractivity contribution in [2.75, 3.05) is 0 Å². The van der Waals surface area contributed by atoms with E-state index >= 15 is 0 Å². The van der Waals surface area contributed by atoms with E-state index in [1.54, 1.807) is 0 Å². The van der Waals surface area contributed by atoms with E-state index in [4.69, 9.17) is 10.8 Å². The van der Waals surface area contributed by atoms with Crippen LogP contribution >= 0.6 is 0 Å². The number of benzene rings is 2. The van der Waals surface area contributed by atoms with Gasteiger partial charge in [0.25, 0.3) is 0 Å². The van der Waals surface area contributed by atoms with Gasteiger partial charge < -0.3 is 15.9 Å². The average molecular weight is 285 g/mol. The number of aliphatic carboxylic acids is 1. The minimum atomic E-state index is -1.40. The Kier molecular flexibility index (Phi) is 5.09. The first-order valence-electron chi connectivity index (χ1n) is 6.87. The number of hydrogen-bond acceptors (Lipinski definition) is 3. The first kappa shape index (κ1) is 15.2. The number of carboxylic acids is 1. The average Bonchev–Trinajstić information content (AvgIpc) is 2.48. The van der Waals surface area contributed by atoms with E-state index in [-0.39, 0.29) is 12.5 Å². The molecule has 2 aromatic carbocycles. The molecule has 0 heterocycles. The van der Waals surface area contributed by atoms with Gasteiger partial charge in [0.05, 0.1) is 0 Å². The Balaban J connectivity index is 1.98. The Hall–Kier alpha value is -2.17. The second-order valence-electron chi connectivity index (χ2n) is 5.12. The van der Waals surface area contributed by atoms with Gasteiger partial charge in [0, 0.05) is 6.04 Å². The molecule has 4 heteroatoms. The van der Waals surface area contributed by atoms with E-state index in [0.717, 1.165) is 16.7 Å². The summed E-state index contributed by atoms with van der Waals surface area (Å²) in [6.45, 7) is 0. The van der Waals surface area contributed by atoms with Crippen molar-refractivity contribution < 1.29 is 15.0 Å². The Morgan fingerprint density at radius 3 is 2.14 bits per heavy atom. The number of nitrogens with two attached hydrogens (primary N) is 1. The molecule has 2 atom stereocenters. The highest BCUT2D eigenvalue weighted by Crippen LogP contribution is 2.19. The smallest absolute Gasteiger partial charge is 0.332 e. The van der Waals surface area contributed by atoms with Crippen LogP contribution in [-0.4, -0.2) is 28.3 Å². The van der Waals surface area contributed by atoms with Gasteiger partial charge in [-0.1, -0.05) is 54.6 Å². The van der Waals surface area contributed by atoms with Gasteiger partial charge in [0.2, 0.25) is 0 Å². The van der Waals surface area contributed by atoms with Gasteiger partial charge in [0.1, 0.15) is 0 Å². The number of carboxylic acid groups (broad SMARTS) is 1. The molecule has 4 N–H and O–H groups in total. The summed E-state index contributed by atoms with van der Waals surface area (Å²) >= 11 is 0. The van der Waals surface area contributed by atoms with Crippen LogP contribution < -0.4 is 5.73 Å². The fourth-order valence-electron chi connectivity index (χ4n) is 2.24. The SMILES string of the molecule is N[C@@H](Cc1ccc(-c2ccccc2)cc1)C[C@@H](O)C(=O)O. The molecule has 2 aromatic rings. The monoisotopic (exact) mass is 285 g/mol. The number of carbonyl (C=O) groups is 1. The van der Waals surface area contributed by atoms with Crippen LogP contribution in [0.15, 0.2) is 54.6 Å². The molecule has 4 nitrogen and oxygen atoms in total. The van der Waals surface area contributed by atoms with Gasteiger partial charge in [-0.05, 0) is 29.5 Å². The molecule has 0 saturated heterocycles. The lowest BCUT2D eigenvalue weighted by molar-refractivity contribution is -0.147. The molecule has 0 aromatic heterocycles. The van der Waals surface area contributed by atoms with Crippen LogP contribution in [-0.2, 0) is 11.2 Å². The second-order valence-corrected chi connectivity index (χ2v) is 5.12. The first-order chi connectivity index (χ1) is 10.1. The molecule has 0 unspecified atom stereocenters. The molecule has 110 valence electrons. The largest absolute Gasteiger partial charge is 0.479 e. The lowest BCUT2D eigenvalue weighted by Crippen LogP contribution is -2.32. The van der Waals surface area contributed by atoms with Crippen LogP contribution in [0.2, 0.25) is 0 Å². The normalized spacial score (nSPS) is 13.6. The minimum Gasteiger partial charge on any atom is -0.479 e. The van der Waals surface area contributed by atoms with Crippen molar-refractivity contribution in [3.63, 3.8) is 0 Å². The Labute approximate surface area is 123 Å². The molecule has 2 rings (SSSR count). The summed E-state index contributed by atoms with van der Waals surface area (Å²) in [6, 6.07) is 17.7. The van der Waals surface area contributed by atoms with Gasteiger partial charge in [-0.15, -0.1) is 0 Å². The standard InChI is InChI=1S/C17H19NO3/c18-15(11-16(19)17(20)21)10-12-6-8-14(9-7-12)13-4-2-1-3-5-13/h1-9,15-16,19H,10-11,18H2,(H,20,21)/t15-,16+/m0/s1. The summed E-state index contributed by atoms with van der Waals surface area (Å²) < 4.78 is 0. The summed E-state index contributed by atoms with van der Waals surface area (Å²) in [6.07, 6.45) is -0.807. The van der Waals surface area contributed by atoms with Crippen LogP contribution in [0, 0.1) is 0 Å². The number of rotatable bonds is 6. The third kappa shape index (κ3) is 4.41. The van der Waals surface area contributed by atoms with Crippen molar-refractivity contribution in [2.45, 2.75) is 25.0 Å². The first-order valence-corrected chi connectivity index (χ1v) is 6.87. The van der Waals surface area contributed by atoms with Crippen LogP contribution in [0.4, 0.5) is 0 Å². The van der Waals surface area contributed by atoms with E-state index in [9.17, 15) is 9.90 Å². The lowest BCUT2D eigenvalue weighted by Gasteiger charge is -2.14. The highest BCUT2D eigenvalue weighted by Gasteiger charge is 2.17. The van der Waals surface area contributed by atoms with Crippen LogP contribution in [0.25, 0.3) is 11.1 Å². The maximum Gasteiger partial charge on any atom is 0.332 e. The Morgan fingerprint density at radius 2 is 1.57 bits per heavy atom. The number of aliphatic hydroxyl groups excluding tert-OH is 1. The third-order valence-corrected chi connectivity index (χ3v) is 3.37. The molecule has 0 fully saturated rings. The Bertz CT molecular complexity index is 581. The van der Waals surface area contributed by atoms with Gasteiger partial charge >= 0.3 is 5.97 Å². The predicted octanol–water partition coefficient (Wildman–Crippen LogP) is 2.06. The molecule has 0 aliphatic carbocycles.